The Kier molecular flexibility index (Phi) is 6.47. The van der Waals surface area contributed by atoms with E-state index in [4.69, 9.17) is 16.7 Å². The number of rotatable bonds is 3. The maximum atomic E-state index is 12.7. The predicted octanol–water partition coefficient (Wildman–Crippen LogP) is 3.51. The average Bonchev–Trinajstić information content (AvgIpc) is 2.90. The van der Waals surface area contributed by atoms with Gasteiger partial charge in [0.15, 0.2) is 0 Å². The number of carbonyl (C=O) groups excluding carboxylic acids is 1. The summed E-state index contributed by atoms with van der Waals surface area (Å²) in [6.07, 6.45) is 3.67. The van der Waals surface area contributed by atoms with Gasteiger partial charge in [-0.25, -0.2) is 4.79 Å². The minimum absolute atomic E-state index is 0.0292. The van der Waals surface area contributed by atoms with Gasteiger partial charge in [0.05, 0.1) is 5.92 Å². The molecule has 1 saturated carbocycles. The maximum Gasteiger partial charge on any atom is 0.317 e. The molecule has 7 heteroatoms. The van der Waals surface area contributed by atoms with Crippen LogP contribution in [0.4, 0.5) is 10.5 Å². The van der Waals surface area contributed by atoms with E-state index in [1.54, 1.807) is 0 Å². The Balaban J connectivity index is 1.53. The number of benzene rings is 1. The number of carboxylic acids is 1. The SMILES string of the molecule is Cc1c(Cl)cccc1N1CCCN(C(=O)NC2CCC(C(=O)O)CC2)CC1. The molecule has 6 nitrogen and oxygen atoms in total. The number of hydrogen-bond donors (Lipinski definition) is 2. The van der Waals surface area contributed by atoms with Gasteiger partial charge in [0, 0.05) is 42.9 Å². The van der Waals surface area contributed by atoms with Crippen molar-refractivity contribution in [2.45, 2.75) is 45.1 Å². The number of carbonyl (C=O) groups is 2. The lowest BCUT2D eigenvalue weighted by atomic mass is 9.86. The zero-order valence-corrected chi connectivity index (χ0v) is 16.5. The molecule has 1 aromatic carbocycles. The van der Waals surface area contributed by atoms with E-state index in [0.29, 0.717) is 19.4 Å². The van der Waals surface area contributed by atoms with E-state index in [0.717, 1.165) is 55.2 Å². The molecule has 1 heterocycles. The molecule has 0 bridgehead atoms. The van der Waals surface area contributed by atoms with Crippen molar-refractivity contribution in [1.82, 2.24) is 10.2 Å². The lowest BCUT2D eigenvalue weighted by Crippen LogP contribution is -2.47. The van der Waals surface area contributed by atoms with E-state index in [9.17, 15) is 9.59 Å². The lowest BCUT2D eigenvalue weighted by molar-refractivity contribution is -0.142. The summed E-state index contributed by atoms with van der Waals surface area (Å²) in [5.74, 6) is -0.977. The molecule has 0 radical (unpaired) electrons. The van der Waals surface area contributed by atoms with Crippen LogP contribution in [0.2, 0.25) is 5.02 Å². The number of amides is 2. The molecule has 1 aromatic rings. The summed E-state index contributed by atoms with van der Waals surface area (Å²) in [7, 11) is 0. The summed E-state index contributed by atoms with van der Waals surface area (Å²) in [4.78, 5) is 27.9. The van der Waals surface area contributed by atoms with E-state index < -0.39 is 5.97 Å². The molecule has 2 amide bonds. The fourth-order valence-corrected chi connectivity index (χ4v) is 4.22. The van der Waals surface area contributed by atoms with Gasteiger partial charge in [-0.15, -0.1) is 0 Å². The Labute approximate surface area is 165 Å². The summed E-state index contributed by atoms with van der Waals surface area (Å²) in [6, 6.07) is 6.00. The number of urea groups is 1. The molecule has 0 unspecified atom stereocenters. The molecule has 148 valence electrons. The number of carboxylic acid groups (broad SMARTS) is 1. The fourth-order valence-electron chi connectivity index (χ4n) is 4.05. The first-order valence-corrected chi connectivity index (χ1v) is 10.1. The Morgan fingerprint density at radius 3 is 2.56 bits per heavy atom. The highest BCUT2D eigenvalue weighted by atomic mass is 35.5. The summed E-state index contributed by atoms with van der Waals surface area (Å²) < 4.78 is 0. The molecular formula is C20H28ClN3O3. The molecule has 3 rings (SSSR count). The van der Waals surface area contributed by atoms with Gasteiger partial charge in [-0.2, -0.15) is 0 Å². The van der Waals surface area contributed by atoms with Gasteiger partial charge < -0.3 is 20.2 Å². The number of halogens is 1. The fraction of sp³-hybridized carbons (Fsp3) is 0.600. The second-order valence-electron chi connectivity index (χ2n) is 7.55. The smallest absolute Gasteiger partial charge is 0.317 e. The van der Waals surface area contributed by atoms with Gasteiger partial charge in [0.25, 0.3) is 0 Å². The number of aliphatic carboxylic acids is 1. The molecule has 1 saturated heterocycles. The van der Waals surface area contributed by atoms with E-state index in [1.165, 1.54) is 0 Å². The van der Waals surface area contributed by atoms with Gasteiger partial charge in [-0.05, 0) is 56.7 Å². The van der Waals surface area contributed by atoms with Crippen LogP contribution in [0, 0.1) is 12.8 Å². The summed E-state index contributed by atoms with van der Waals surface area (Å²) in [5, 5.41) is 13.0. The third kappa shape index (κ3) is 4.86. The topological polar surface area (TPSA) is 72.9 Å². The van der Waals surface area contributed by atoms with Crippen molar-refractivity contribution in [1.29, 1.82) is 0 Å². The van der Waals surface area contributed by atoms with Crippen LogP contribution in [0.25, 0.3) is 0 Å². The maximum absolute atomic E-state index is 12.7. The normalized spacial score (nSPS) is 23.6. The number of hydrogen-bond acceptors (Lipinski definition) is 3. The number of anilines is 1. The van der Waals surface area contributed by atoms with Gasteiger partial charge in [-0.3, -0.25) is 4.79 Å². The zero-order valence-electron chi connectivity index (χ0n) is 15.8. The van der Waals surface area contributed by atoms with Crippen molar-refractivity contribution in [2.75, 3.05) is 31.1 Å². The molecule has 0 atom stereocenters. The van der Waals surface area contributed by atoms with E-state index >= 15 is 0 Å². The first-order chi connectivity index (χ1) is 13.0. The summed E-state index contributed by atoms with van der Waals surface area (Å²) in [5.41, 5.74) is 2.21. The van der Waals surface area contributed by atoms with E-state index in [-0.39, 0.29) is 18.0 Å². The Morgan fingerprint density at radius 1 is 1.11 bits per heavy atom. The van der Waals surface area contributed by atoms with Crippen molar-refractivity contribution in [3.05, 3.63) is 28.8 Å². The monoisotopic (exact) mass is 393 g/mol. The molecule has 27 heavy (non-hydrogen) atoms. The molecule has 0 spiro atoms. The number of nitrogens with one attached hydrogen (secondary N) is 1. The summed E-state index contributed by atoms with van der Waals surface area (Å²) in [6.45, 7) is 5.10. The first-order valence-electron chi connectivity index (χ1n) is 9.74. The molecule has 2 aliphatic rings. The third-order valence-corrected chi connectivity index (χ3v) is 6.18. The molecule has 2 N–H and O–H groups in total. The molecular weight excluding hydrogens is 366 g/mol. The van der Waals surface area contributed by atoms with Gasteiger partial charge >= 0.3 is 12.0 Å². The van der Waals surface area contributed by atoms with Crippen LogP contribution in [0.5, 0.6) is 0 Å². The van der Waals surface area contributed by atoms with Crippen LogP contribution < -0.4 is 10.2 Å². The van der Waals surface area contributed by atoms with Crippen LogP contribution in [0.15, 0.2) is 18.2 Å². The molecule has 0 aromatic heterocycles. The summed E-state index contributed by atoms with van der Waals surface area (Å²) >= 11 is 6.25. The highest BCUT2D eigenvalue weighted by Gasteiger charge is 2.28. The Morgan fingerprint density at radius 2 is 1.85 bits per heavy atom. The highest BCUT2D eigenvalue weighted by molar-refractivity contribution is 6.31. The second-order valence-corrected chi connectivity index (χ2v) is 7.96. The van der Waals surface area contributed by atoms with Crippen LogP contribution in [0.1, 0.15) is 37.7 Å². The van der Waals surface area contributed by atoms with Crippen molar-refractivity contribution >= 4 is 29.3 Å². The van der Waals surface area contributed by atoms with Gasteiger partial charge in [0.1, 0.15) is 0 Å². The van der Waals surface area contributed by atoms with E-state index in [2.05, 4.69) is 16.3 Å². The predicted molar refractivity (Wildman–Crippen MR) is 107 cm³/mol. The largest absolute Gasteiger partial charge is 0.481 e. The quantitative estimate of drug-likeness (QED) is 0.824. The van der Waals surface area contributed by atoms with Crippen LogP contribution in [0.3, 0.4) is 0 Å². The zero-order chi connectivity index (χ0) is 19.4. The average molecular weight is 394 g/mol. The van der Waals surface area contributed by atoms with Crippen LogP contribution in [-0.4, -0.2) is 54.2 Å². The second kappa shape index (κ2) is 8.83. The Bertz CT molecular complexity index is 689. The Hall–Kier alpha value is -1.95. The highest BCUT2D eigenvalue weighted by Crippen LogP contribution is 2.28. The van der Waals surface area contributed by atoms with Crippen molar-refractivity contribution < 1.29 is 14.7 Å². The molecule has 1 aliphatic heterocycles. The van der Waals surface area contributed by atoms with Crippen LogP contribution >= 0.6 is 11.6 Å². The van der Waals surface area contributed by atoms with E-state index in [1.807, 2.05) is 24.0 Å². The lowest BCUT2D eigenvalue weighted by Gasteiger charge is -2.30. The third-order valence-electron chi connectivity index (χ3n) is 5.77. The minimum Gasteiger partial charge on any atom is -0.481 e. The minimum atomic E-state index is -0.719. The molecule has 2 fully saturated rings. The molecule has 1 aliphatic carbocycles. The van der Waals surface area contributed by atoms with Crippen LogP contribution in [-0.2, 0) is 4.79 Å². The standard InChI is InChI=1S/C20H28ClN3O3/c1-14-17(21)4-2-5-18(14)23-10-3-11-24(13-12-23)20(27)22-16-8-6-15(7-9-16)19(25)26/h2,4-5,15-16H,3,6-13H2,1H3,(H,22,27)(H,25,26). The van der Waals surface area contributed by atoms with Crippen molar-refractivity contribution in [2.24, 2.45) is 5.92 Å². The number of nitrogens with zero attached hydrogens (tertiary/aromatic N) is 2. The van der Waals surface area contributed by atoms with Gasteiger partial charge in [-0.1, -0.05) is 17.7 Å². The first kappa shape index (κ1) is 19.8. The van der Waals surface area contributed by atoms with Crippen molar-refractivity contribution in [3.8, 4) is 0 Å². The van der Waals surface area contributed by atoms with Gasteiger partial charge in [0.2, 0.25) is 0 Å². The van der Waals surface area contributed by atoms with Crippen molar-refractivity contribution in [3.63, 3.8) is 0 Å².